The molecule has 0 aliphatic carbocycles. The van der Waals surface area contributed by atoms with E-state index in [0.717, 1.165) is 16.5 Å². The standard InChI is InChI=1S/C13H16ClIN2O/c14-9-3-4-12(15)11(8-9)13(18)17-7-5-10-2-1-6-16-10/h3-4,8,10,16H,1-2,5-7H2,(H,17,18)/t10-/m0/s1. The van der Waals surface area contributed by atoms with E-state index in [9.17, 15) is 4.79 Å². The quantitative estimate of drug-likeness (QED) is 0.791. The van der Waals surface area contributed by atoms with E-state index >= 15 is 0 Å². The molecule has 1 saturated heterocycles. The fraction of sp³-hybridized carbons (Fsp3) is 0.462. The Labute approximate surface area is 126 Å². The van der Waals surface area contributed by atoms with Crippen molar-refractivity contribution in [1.29, 1.82) is 0 Å². The van der Waals surface area contributed by atoms with Gasteiger partial charge >= 0.3 is 0 Å². The van der Waals surface area contributed by atoms with Gasteiger partial charge in [-0.05, 0) is 66.6 Å². The molecule has 5 heteroatoms. The molecular weight excluding hydrogens is 363 g/mol. The maximum absolute atomic E-state index is 12.0. The number of amides is 1. The number of hydrogen-bond acceptors (Lipinski definition) is 2. The van der Waals surface area contributed by atoms with Crippen molar-refractivity contribution in [2.75, 3.05) is 13.1 Å². The molecule has 0 unspecified atom stereocenters. The third-order valence-electron chi connectivity index (χ3n) is 3.11. The number of benzene rings is 1. The van der Waals surface area contributed by atoms with Gasteiger partial charge in [0.15, 0.2) is 0 Å². The average Bonchev–Trinajstić information content (AvgIpc) is 2.85. The summed E-state index contributed by atoms with van der Waals surface area (Å²) in [4.78, 5) is 12.0. The van der Waals surface area contributed by atoms with Crippen LogP contribution in [0.5, 0.6) is 0 Å². The maximum Gasteiger partial charge on any atom is 0.252 e. The Hall–Kier alpha value is -0.330. The summed E-state index contributed by atoms with van der Waals surface area (Å²) < 4.78 is 0.925. The molecule has 1 aromatic rings. The third kappa shape index (κ3) is 3.83. The van der Waals surface area contributed by atoms with Crippen molar-refractivity contribution in [2.24, 2.45) is 0 Å². The molecule has 0 saturated carbocycles. The summed E-state index contributed by atoms with van der Waals surface area (Å²) >= 11 is 8.06. The Morgan fingerprint density at radius 1 is 1.56 bits per heavy atom. The Bertz CT molecular complexity index is 433. The van der Waals surface area contributed by atoms with E-state index < -0.39 is 0 Å². The monoisotopic (exact) mass is 378 g/mol. The lowest BCUT2D eigenvalue weighted by molar-refractivity contribution is 0.0951. The first kappa shape index (κ1) is 14.1. The number of nitrogens with one attached hydrogen (secondary N) is 2. The molecule has 0 radical (unpaired) electrons. The van der Waals surface area contributed by atoms with E-state index in [4.69, 9.17) is 11.6 Å². The molecule has 1 atom stereocenters. The molecule has 0 bridgehead atoms. The van der Waals surface area contributed by atoms with Crippen LogP contribution in [0.2, 0.25) is 5.02 Å². The molecule has 1 aromatic carbocycles. The van der Waals surface area contributed by atoms with E-state index in [1.165, 1.54) is 12.8 Å². The van der Waals surface area contributed by atoms with Crippen LogP contribution < -0.4 is 10.6 Å². The van der Waals surface area contributed by atoms with Crippen LogP contribution in [-0.2, 0) is 0 Å². The van der Waals surface area contributed by atoms with E-state index in [1.54, 1.807) is 12.1 Å². The van der Waals surface area contributed by atoms with E-state index in [2.05, 4.69) is 33.2 Å². The summed E-state index contributed by atoms with van der Waals surface area (Å²) in [6.07, 6.45) is 3.44. The normalized spacial score (nSPS) is 18.9. The second-order valence-corrected chi connectivity index (χ2v) is 6.06. The number of rotatable bonds is 4. The number of halogens is 2. The van der Waals surface area contributed by atoms with Gasteiger partial charge in [-0.3, -0.25) is 4.79 Å². The van der Waals surface area contributed by atoms with Crippen LogP contribution in [0.1, 0.15) is 29.6 Å². The fourth-order valence-electron chi connectivity index (χ4n) is 2.13. The van der Waals surface area contributed by atoms with Gasteiger partial charge in [0.05, 0.1) is 5.56 Å². The maximum atomic E-state index is 12.0. The van der Waals surface area contributed by atoms with Crippen LogP contribution in [0, 0.1) is 3.57 Å². The molecule has 2 N–H and O–H groups in total. The molecule has 3 nitrogen and oxygen atoms in total. The highest BCUT2D eigenvalue weighted by molar-refractivity contribution is 14.1. The lowest BCUT2D eigenvalue weighted by Gasteiger charge is -2.11. The summed E-state index contributed by atoms with van der Waals surface area (Å²) in [5.74, 6) is -0.0418. The fourth-order valence-corrected chi connectivity index (χ4v) is 2.88. The lowest BCUT2D eigenvalue weighted by Crippen LogP contribution is -2.30. The van der Waals surface area contributed by atoms with Crippen molar-refractivity contribution < 1.29 is 4.79 Å². The van der Waals surface area contributed by atoms with Gasteiger partial charge in [0.25, 0.3) is 5.91 Å². The molecule has 1 amide bonds. The third-order valence-corrected chi connectivity index (χ3v) is 4.29. The molecule has 1 aliphatic rings. The van der Waals surface area contributed by atoms with E-state index in [-0.39, 0.29) is 5.91 Å². The zero-order valence-corrected chi connectivity index (χ0v) is 12.9. The zero-order valence-electron chi connectivity index (χ0n) is 10.0. The van der Waals surface area contributed by atoms with Crippen molar-refractivity contribution in [3.8, 4) is 0 Å². The molecule has 0 spiro atoms. The van der Waals surface area contributed by atoms with Crippen molar-refractivity contribution in [3.63, 3.8) is 0 Å². The second kappa shape index (κ2) is 6.73. The molecule has 1 heterocycles. The number of carbonyl (C=O) groups is 1. The molecule has 2 rings (SSSR count). The minimum absolute atomic E-state index is 0.0418. The van der Waals surface area contributed by atoms with Crippen LogP contribution in [0.4, 0.5) is 0 Å². The number of carbonyl (C=O) groups excluding carboxylic acids is 1. The summed E-state index contributed by atoms with van der Waals surface area (Å²) in [6, 6.07) is 5.93. The van der Waals surface area contributed by atoms with Gasteiger partial charge in [0.1, 0.15) is 0 Å². The summed E-state index contributed by atoms with van der Waals surface area (Å²) in [6.45, 7) is 1.81. The van der Waals surface area contributed by atoms with Crippen LogP contribution in [-0.4, -0.2) is 25.0 Å². The van der Waals surface area contributed by atoms with Crippen LogP contribution in [0.15, 0.2) is 18.2 Å². The van der Waals surface area contributed by atoms with Gasteiger partial charge in [-0.25, -0.2) is 0 Å². The molecule has 0 aromatic heterocycles. The summed E-state index contributed by atoms with van der Waals surface area (Å²) in [5.41, 5.74) is 0.655. The Balaban J connectivity index is 1.85. The van der Waals surface area contributed by atoms with Gasteiger partial charge < -0.3 is 10.6 Å². The van der Waals surface area contributed by atoms with Crippen LogP contribution in [0.3, 0.4) is 0 Å². The van der Waals surface area contributed by atoms with Crippen LogP contribution in [0.25, 0.3) is 0 Å². The smallest absolute Gasteiger partial charge is 0.252 e. The highest BCUT2D eigenvalue weighted by Gasteiger charge is 2.15. The minimum Gasteiger partial charge on any atom is -0.352 e. The van der Waals surface area contributed by atoms with Gasteiger partial charge in [0.2, 0.25) is 0 Å². The van der Waals surface area contributed by atoms with Crippen molar-refractivity contribution in [2.45, 2.75) is 25.3 Å². The highest BCUT2D eigenvalue weighted by atomic mass is 127. The minimum atomic E-state index is -0.0418. The first-order valence-corrected chi connectivity index (χ1v) is 7.59. The molecule has 98 valence electrons. The van der Waals surface area contributed by atoms with Crippen molar-refractivity contribution in [3.05, 3.63) is 32.4 Å². The molecule has 1 aliphatic heterocycles. The van der Waals surface area contributed by atoms with Crippen molar-refractivity contribution >= 4 is 40.1 Å². The first-order valence-electron chi connectivity index (χ1n) is 6.13. The van der Waals surface area contributed by atoms with Crippen LogP contribution >= 0.6 is 34.2 Å². The van der Waals surface area contributed by atoms with E-state index in [0.29, 0.717) is 23.2 Å². The predicted octanol–water partition coefficient (Wildman–Crippen LogP) is 2.82. The van der Waals surface area contributed by atoms with E-state index in [1.807, 2.05) is 6.07 Å². The summed E-state index contributed by atoms with van der Waals surface area (Å²) in [7, 11) is 0. The Morgan fingerprint density at radius 2 is 2.39 bits per heavy atom. The SMILES string of the molecule is O=C(NCC[C@@H]1CCCN1)c1cc(Cl)ccc1I. The van der Waals surface area contributed by atoms with Gasteiger partial charge in [0, 0.05) is 21.2 Å². The Kier molecular flexibility index (Phi) is 5.26. The van der Waals surface area contributed by atoms with Gasteiger partial charge in [-0.15, -0.1) is 0 Å². The highest BCUT2D eigenvalue weighted by Crippen LogP contribution is 2.17. The predicted molar refractivity (Wildman–Crippen MR) is 82.1 cm³/mol. The molecule has 1 fully saturated rings. The molecule has 18 heavy (non-hydrogen) atoms. The Morgan fingerprint density at radius 3 is 3.11 bits per heavy atom. The average molecular weight is 379 g/mol. The van der Waals surface area contributed by atoms with Gasteiger partial charge in [-0.1, -0.05) is 11.6 Å². The van der Waals surface area contributed by atoms with Gasteiger partial charge in [-0.2, -0.15) is 0 Å². The largest absolute Gasteiger partial charge is 0.352 e. The second-order valence-electron chi connectivity index (χ2n) is 4.46. The zero-order chi connectivity index (χ0) is 13.0. The topological polar surface area (TPSA) is 41.1 Å². The summed E-state index contributed by atoms with van der Waals surface area (Å²) in [5, 5.41) is 6.96. The lowest BCUT2D eigenvalue weighted by atomic mass is 10.1. The van der Waals surface area contributed by atoms with Crippen molar-refractivity contribution in [1.82, 2.24) is 10.6 Å². The number of hydrogen-bond donors (Lipinski definition) is 2. The molecular formula is C13H16ClIN2O. The first-order chi connectivity index (χ1) is 8.66.